The SMILES string of the molecule is Cc1c(NC(=S)Nc2cc(F)ccc2F)c(=O)n(-c2ccccc2)n1C. The van der Waals surface area contributed by atoms with Gasteiger partial charge in [-0.05, 0) is 43.4 Å². The zero-order valence-corrected chi connectivity index (χ0v) is 14.9. The van der Waals surface area contributed by atoms with Gasteiger partial charge >= 0.3 is 0 Å². The number of nitrogens with one attached hydrogen (secondary N) is 2. The van der Waals surface area contributed by atoms with E-state index in [1.807, 2.05) is 30.3 Å². The van der Waals surface area contributed by atoms with Crippen molar-refractivity contribution >= 4 is 28.7 Å². The molecule has 0 aliphatic heterocycles. The molecule has 134 valence electrons. The summed E-state index contributed by atoms with van der Waals surface area (Å²) in [6, 6.07) is 12.1. The molecule has 0 spiro atoms. The minimum Gasteiger partial charge on any atom is -0.330 e. The number of para-hydroxylation sites is 1. The number of rotatable bonds is 3. The third-order valence-corrected chi connectivity index (χ3v) is 4.17. The maximum atomic E-state index is 13.7. The lowest BCUT2D eigenvalue weighted by Crippen LogP contribution is -2.25. The van der Waals surface area contributed by atoms with Crippen LogP contribution in [0, 0.1) is 18.6 Å². The fourth-order valence-electron chi connectivity index (χ4n) is 2.57. The van der Waals surface area contributed by atoms with E-state index in [0.29, 0.717) is 11.4 Å². The van der Waals surface area contributed by atoms with Gasteiger partial charge in [-0.15, -0.1) is 0 Å². The Morgan fingerprint density at radius 3 is 2.46 bits per heavy atom. The summed E-state index contributed by atoms with van der Waals surface area (Å²) in [4.78, 5) is 12.8. The van der Waals surface area contributed by atoms with Crippen molar-refractivity contribution in [2.75, 3.05) is 10.6 Å². The first-order valence-corrected chi connectivity index (χ1v) is 8.16. The van der Waals surface area contributed by atoms with Gasteiger partial charge in [0, 0.05) is 13.1 Å². The molecule has 8 heteroatoms. The highest BCUT2D eigenvalue weighted by molar-refractivity contribution is 7.80. The molecule has 0 radical (unpaired) electrons. The highest BCUT2D eigenvalue weighted by Gasteiger charge is 2.17. The summed E-state index contributed by atoms with van der Waals surface area (Å²) in [5.74, 6) is -1.25. The minimum absolute atomic E-state index is 0.0134. The van der Waals surface area contributed by atoms with Crippen molar-refractivity contribution < 1.29 is 8.78 Å². The first-order valence-electron chi connectivity index (χ1n) is 7.75. The van der Waals surface area contributed by atoms with Crippen LogP contribution in [0.15, 0.2) is 53.3 Å². The van der Waals surface area contributed by atoms with Crippen molar-refractivity contribution in [2.24, 2.45) is 7.05 Å². The second kappa shape index (κ2) is 7.09. The molecular weight excluding hydrogens is 358 g/mol. The Kier molecular flexibility index (Phi) is 4.85. The summed E-state index contributed by atoms with van der Waals surface area (Å²) >= 11 is 5.14. The Bertz CT molecular complexity index is 1030. The fourth-order valence-corrected chi connectivity index (χ4v) is 2.78. The molecule has 0 amide bonds. The average molecular weight is 374 g/mol. The van der Waals surface area contributed by atoms with Crippen molar-refractivity contribution in [2.45, 2.75) is 6.92 Å². The van der Waals surface area contributed by atoms with Gasteiger partial charge in [-0.3, -0.25) is 9.48 Å². The summed E-state index contributed by atoms with van der Waals surface area (Å²) in [6.45, 7) is 1.76. The zero-order valence-electron chi connectivity index (χ0n) is 14.1. The van der Waals surface area contributed by atoms with E-state index < -0.39 is 11.6 Å². The second-order valence-electron chi connectivity index (χ2n) is 5.64. The van der Waals surface area contributed by atoms with Crippen molar-refractivity contribution in [1.29, 1.82) is 0 Å². The van der Waals surface area contributed by atoms with Crippen molar-refractivity contribution in [3.63, 3.8) is 0 Å². The zero-order chi connectivity index (χ0) is 18.8. The molecule has 0 fully saturated rings. The lowest BCUT2D eigenvalue weighted by atomic mass is 10.3. The normalized spacial score (nSPS) is 10.6. The molecule has 1 aromatic heterocycles. The lowest BCUT2D eigenvalue weighted by Gasteiger charge is -2.10. The van der Waals surface area contributed by atoms with Gasteiger partial charge < -0.3 is 10.6 Å². The Balaban J connectivity index is 1.90. The quantitative estimate of drug-likeness (QED) is 0.688. The maximum Gasteiger partial charge on any atom is 0.295 e. The standard InChI is InChI=1S/C18H16F2N4OS/c1-11-16(17(25)24(23(11)2)13-6-4-3-5-7-13)22-18(26)21-15-10-12(19)8-9-14(15)20/h3-10H,1-2H3,(H2,21,22,26). The van der Waals surface area contributed by atoms with Gasteiger partial charge in [0.2, 0.25) is 0 Å². The van der Waals surface area contributed by atoms with Crippen LogP contribution in [0.3, 0.4) is 0 Å². The number of halogens is 2. The lowest BCUT2D eigenvalue weighted by molar-refractivity contribution is 0.604. The number of thiocarbonyl (C=S) groups is 1. The second-order valence-corrected chi connectivity index (χ2v) is 6.05. The van der Waals surface area contributed by atoms with Crippen LogP contribution in [0.1, 0.15) is 5.69 Å². The van der Waals surface area contributed by atoms with Crippen LogP contribution in [0.2, 0.25) is 0 Å². The highest BCUT2D eigenvalue weighted by Crippen LogP contribution is 2.17. The first-order chi connectivity index (χ1) is 12.4. The van der Waals surface area contributed by atoms with Crippen LogP contribution in [0.5, 0.6) is 0 Å². The summed E-state index contributed by atoms with van der Waals surface area (Å²) in [6.07, 6.45) is 0. The van der Waals surface area contributed by atoms with E-state index in [1.165, 1.54) is 4.68 Å². The highest BCUT2D eigenvalue weighted by atomic mass is 32.1. The number of anilines is 2. The van der Waals surface area contributed by atoms with Crippen LogP contribution in [-0.4, -0.2) is 14.5 Å². The predicted molar refractivity (Wildman–Crippen MR) is 102 cm³/mol. The predicted octanol–water partition coefficient (Wildman–Crippen LogP) is 3.57. The molecule has 2 N–H and O–H groups in total. The molecule has 0 atom stereocenters. The number of nitrogens with zero attached hydrogens (tertiary/aromatic N) is 2. The van der Waals surface area contributed by atoms with Crippen LogP contribution in [0.4, 0.5) is 20.2 Å². The van der Waals surface area contributed by atoms with E-state index >= 15 is 0 Å². The van der Waals surface area contributed by atoms with E-state index in [2.05, 4.69) is 10.6 Å². The number of aromatic nitrogens is 2. The smallest absolute Gasteiger partial charge is 0.295 e. The van der Waals surface area contributed by atoms with Gasteiger partial charge in [-0.1, -0.05) is 18.2 Å². The van der Waals surface area contributed by atoms with Crippen molar-refractivity contribution in [3.8, 4) is 5.69 Å². The van der Waals surface area contributed by atoms with Crippen LogP contribution in [0.25, 0.3) is 5.69 Å². The number of hydrogen-bond acceptors (Lipinski definition) is 2. The van der Waals surface area contributed by atoms with Gasteiger partial charge in [-0.25, -0.2) is 13.5 Å². The average Bonchev–Trinajstić information content (AvgIpc) is 2.82. The van der Waals surface area contributed by atoms with E-state index in [0.717, 1.165) is 18.2 Å². The minimum atomic E-state index is -0.651. The Labute approximate surface area is 153 Å². The van der Waals surface area contributed by atoms with Crippen LogP contribution >= 0.6 is 12.2 Å². The molecule has 0 saturated heterocycles. The molecular formula is C18H16F2N4OS. The van der Waals surface area contributed by atoms with Gasteiger partial charge in [-0.2, -0.15) is 0 Å². The Hall–Kier alpha value is -3.00. The molecule has 26 heavy (non-hydrogen) atoms. The van der Waals surface area contributed by atoms with Gasteiger partial charge in [0.15, 0.2) is 5.11 Å². The monoisotopic (exact) mass is 374 g/mol. The summed E-state index contributed by atoms with van der Waals surface area (Å²) in [7, 11) is 1.75. The third kappa shape index (κ3) is 3.36. The molecule has 3 rings (SSSR count). The maximum absolute atomic E-state index is 13.7. The van der Waals surface area contributed by atoms with E-state index in [9.17, 15) is 13.6 Å². The summed E-state index contributed by atoms with van der Waals surface area (Å²) in [5, 5.41) is 5.34. The largest absolute Gasteiger partial charge is 0.330 e. The first kappa shape index (κ1) is 17.8. The molecule has 2 aromatic carbocycles. The molecule has 3 aromatic rings. The molecule has 0 unspecified atom stereocenters. The number of benzene rings is 2. The third-order valence-electron chi connectivity index (χ3n) is 3.97. The van der Waals surface area contributed by atoms with Gasteiger partial charge in [0.05, 0.1) is 17.1 Å². The summed E-state index contributed by atoms with van der Waals surface area (Å²) in [5.41, 5.74) is 1.18. The fraction of sp³-hybridized carbons (Fsp3) is 0.111. The Morgan fingerprint density at radius 2 is 1.77 bits per heavy atom. The van der Waals surface area contributed by atoms with Crippen LogP contribution in [-0.2, 0) is 7.05 Å². The van der Waals surface area contributed by atoms with E-state index in [-0.39, 0.29) is 22.0 Å². The molecule has 0 bridgehead atoms. The van der Waals surface area contributed by atoms with Crippen molar-refractivity contribution in [1.82, 2.24) is 9.36 Å². The molecule has 5 nitrogen and oxygen atoms in total. The molecule has 0 saturated carbocycles. The van der Waals surface area contributed by atoms with E-state index in [1.54, 1.807) is 18.7 Å². The molecule has 0 aliphatic carbocycles. The topological polar surface area (TPSA) is 51.0 Å². The van der Waals surface area contributed by atoms with Crippen molar-refractivity contribution in [3.05, 3.63) is 76.2 Å². The Morgan fingerprint density at radius 1 is 1.08 bits per heavy atom. The number of hydrogen-bond donors (Lipinski definition) is 2. The molecule has 0 aliphatic rings. The van der Waals surface area contributed by atoms with Crippen LogP contribution < -0.4 is 16.2 Å². The van der Waals surface area contributed by atoms with Gasteiger partial charge in [0.25, 0.3) is 5.56 Å². The van der Waals surface area contributed by atoms with E-state index in [4.69, 9.17) is 12.2 Å². The van der Waals surface area contributed by atoms with Gasteiger partial charge in [0.1, 0.15) is 17.3 Å². The molecule has 1 heterocycles. The summed E-state index contributed by atoms with van der Waals surface area (Å²) < 4.78 is 30.2.